The van der Waals surface area contributed by atoms with Crippen LogP contribution < -0.4 is 10.1 Å². The average Bonchev–Trinajstić information content (AvgIpc) is 2.53. The molecule has 0 saturated carbocycles. The van der Waals surface area contributed by atoms with Gasteiger partial charge in [-0.25, -0.2) is 0 Å². The molecule has 1 aromatic rings. The van der Waals surface area contributed by atoms with Crippen molar-refractivity contribution >= 4 is 0 Å². The van der Waals surface area contributed by atoms with E-state index in [2.05, 4.69) is 24.1 Å². The van der Waals surface area contributed by atoms with E-state index < -0.39 is 0 Å². The van der Waals surface area contributed by atoms with Crippen LogP contribution in [-0.4, -0.2) is 43.3 Å². The van der Waals surface area contributed by atoms with Crippen LogP contribution in [0, 0.1) is 5.92 Å². The van der Waals surface area contributed by atoms with E-state index in [-0.39, 0.29) is 6.04 Å². The van der Waals surface area contributed by atoms with Gasteiger partial charge in [0.15, 0.2) is 0 Å². The second kappa shape index (κ2) is 7.66. The largest absolute Gasteiger partial charge is 0.508 e. The van der Waals surface area contributed by atoms with Crippen molar-refractivity contribution in [2.24, 2.45) is 5.92 Å². The highest BCUT2D eigenvalue weighted by molar-refractivity contribution is 5.41. The Morgan fingerprint density at radius 1 is 1.38 bits per heavy atom. The maximum atomic E-state index is 10.0. The van der Waals surface area contributed by atoms with Gasteiger partial charge >= 0.3 is 0 Å². The van der Waals surface area contributed by atoms with Gasteiger partial charge in [-0.05, 0) is 70.1 Å². The lowest BCUT2D eigenvalue weighted by molar-refractivity contribution is 0.188. The van der Waals surface area contributed by atoms with Crippen LogP contribution in [0.5, 0.6) is 11.5 Å². The average molecular weight is 292 g/mol. The fourth-order valence-corrected chi connectivity index (χ4v) is 2.97. The summed E-state index contributed by atoms with van der Waals surface area (Å²) in [7, 11) is 1.65. The Kier molecular flexibility index (Phi) is 5.88. The molecule has 2 rings (SSSR count). The first kappa shape index (κ1) is 16.1. The van der Waals surface area contributed by atoms with Gasteiger partial charge in [0.05, 0.1) is 7.11 Å². The zero-order valence-electron chi connectivity index (χ0n) is 13.4. The topological polar surface area (TPSA) is 44.7 Å². The van der Waals surface area contributed by atoms with Crippen molar-refractivity contribution in [1.29, 1.82) is 0 Å². The zero-order valence-corrected chi connectivity index (χ0v) is 13.4. The third kappa shape index (κ3) is 4.35. The van der Waals surface area contributed by atoms with Crippen LogP contribution in [0.3, 0.4) is 0 Å². The third-order valence-electron chi connectivity index (χ3n) is 4.57. The van der Waals surface area contributed by atoms with E-state index >= 15 is 0 Å². The van der Waals surface area contributed by atoms with E-state index in [1.54, 1.807) is 19.2 Å². The molecule has 1 atom stereocenters. The van der Waals surface area contributed by atoms with Crippen LogP contribution in [0.25, 0.3) is 0 Å². The minimum Gasteiger partial charge on any atom is -0.508 e. The van der Waals surface area contributed by atoms with Crippen LogP contribution in [0.1, 0.15) is 38.3 Å². The zero-order chi connectivity index (χ0) is 15.2. The molecular weight excluding hydrogens is 264 g/mol. The molecule has 1 heterocycles. The molecule has 0 aliphatic carbocycles. The molecule has 0 radical (unpaired) electrons. The number of phenolic OH excluding ortho intramolecular Hbond substituents is 1. The van der Waals surface area contributed by atoms with E-state index in [1.165, 1.54) is 25.9 Å². The number of hydrogen-bond donors (Lipinski definition) is 2. The van der Waals surface area contributed by atoms with E-state index in [4.69, 9.17) is 4.74 Å². The molecule has 1 aliphatic heterocycles. The van der Waals surface area contributed by atoms with Gasteiger partial charge < -0.3 is 20.1 Å². The Labute approximate surface area is 128 Å². The number of ether oxygens (including phenoxy) is 1. The summed E-state index contributed by atoms with van der Waals surface area (Å²) < 4.78 is 5.23. The van der Waals surface area contributed by atoms with Gasteiger partial charge in [0.2, 0.25) is 0 Å². The van der Waals surface area contributed by atoms with E-state index in [9.17, 15) is 5.11 Å². The van der Waals surface area contributed by atoms with Gasteiger partial charge in [-0.15, -0.1) is 0 Å². The molecule has 1 aromatic carbocycles. The van der Waals surface area contributed by atoms with Crippen molar-refractivity contribution in [3.8, 4) is 11.5 Å². The second-order valence-corrected chi connectivity index (χ2v) is 5.93. The Morgan fingerprint density at radius 3 is 2.71 bits per heavy atom. The van der Waals surface area contributed by atoms with Gasteiger partial charge in [0.1, 0.15) is 11.5 Å². The summed E-state index contributed by atoms with van der Waals surface area (Å²) in [6, 6.07) is 5.52. The first-order valence-electron chi connectivity index (χ1n) is 7.96. The first-order valence-corrected chi connectivity index (χ1v) is 7.96. The third-order valence-corrected chi connectivity index (χ3v) is 4.57. The molecule has 1 unspecified atom stereocenters. The predicted molar refractivity (Wildman–Crippen MR) is 85.9 cm³/mol. The van der Waals surface area contributed by atoms with Crippen LogP contribution in [-0.2, 0) is 0 Å². The number of rotatable bonds is 6. The summed E-state index contributed by atoms with van der Waals surface area (Å²) in [5, 5.41) is 13.6. The standard InChI is InChI=1S/C17H28N2O2/c1-4-19-9-7-14(8-10-19)12-18-13(2)16-11-15(21-3)5-6-17(16)20/h5-6,11,13-14,18,20H,4,7-10,12H2,1-3H3. The van der Waals surface area contributed by atoms with Crippen molar-refractivity contribution in [3.05, 3.63) is 23.8 Å². The van der Waals surface area contributed by atoms with E-state index in [0.717, 1.165) is 30.3 Å². The number of benzene rings is 1. The van der Waals surface area contributed by atoms with Crippen LogP contribution in [0.4, 0.5) is 0 Å². The Morgan fingerprint density at radius 2 is 2.10 bits per heavy atom. The summed E-state index contributed by atoms with van der Waals surface area (Å²) in [5.41, 5.74) is 0.903. The number of nitrogens with one attached hydrogen (secondary N) is 1. The Bertz CT molecular complexity index is 442. The molecule has 2 N–H and O–H groups in total. The molecule has 118 valence electrons. The fraction of sp³-hybridized carbons (Fsp3) is 0.647. The van der Waals surface area contributed by atoms with Crippen molar-refractivity contribution in [2.75, 3.05) is 33.3 Å². The molecule has 1 saturated heterocycles. The number of nitrogens with zero attached hydrogens (tertiary/aromatic N) is 1. The van der Waals surface area contributed by atoms with Gasteiger partial charge in [0.25, 0.3) is 0 Å². The molecule has 1 aliphatic rings. The van der Waals surface area contributed by atoms with Crippen LogP contribution >= 0.6 is 0 Å². The summed E-state index contributed by atoms with van der Waals surface area (Å²) in [6.45, 7) is 8.91. The molecular formula is C17H28N2O2. The highest BCUT2D eigenvalue weighted by Crippen LogP contribution is 2.28. The van der Waals surface area contributed by atoms with Crippen molar-refractivity contribution in [1.82, 2.24) is 10.2 Å². The smallest absolute Gasteiger partial charge is 0.120 e. The number of hydrogen-bond acceptors (Lipinski definition) is 4. The quantitative estimate of drug-likeness (QED) is 0.846. The summed E-state index contributed by atoms with van der Waals surface area (Å²) in [6.07, 6.45) is 2.52. The van der Waals surface area contributed by atoms with Crippen molar-refractivity contribution < 1.29 is 9.84 Å². The molecule has 4 heteroatoms. The highest BCUT2D eigenvalue weighted by atomic mass is 16.5. The molecule has 4 nitrogen and oxygen atoms in total. The van der Waals surface area contributed by atoms with Gasteiger partial charge in [-0.1, -0.05) is 6.92 Å². The van der Waals surface area contributed by atoms with Gasteiger partial charge in [0, 0.05) is 11.6 Å². The monoisotopic (exact) mass is 292 g/mol. The van der Waals surface area contributed by atoms with Gasteiger partial charge in [-0.3, -0.25) is 0 Å². The van der Waals surface area contributed by atoms with Gasteiger partial charge in [-0.2, -0.15) is 0 Å². The van der Waals surface area contributed by atoms with Crippen molar-refractivity contribution in [2.45, 2.75) is 32.7 Å². The number of likely N-dealkylation sites (tertiary alicyclic amines) is 1. The lowest BCUT2D eigenvalue weighted by atomic mass is 9.96. The second-order valence-electron chi connectivity index (χ2n) is 5.93. The predicted octanol–water partition coefficient (Wildman–Crippen LogP) is 2.78. The molecule has 0 aromatic heterocycles. The van der Waals surface area contributed by atoms with Crippen LogP contribution in [0.2, 0.25) is 0 Å². The Balaban J connectivity index is 1.86. The molecule has 0 amide bonds. The highest BCUT2D eigenvalue weighted by Gasteiger charge is 2.19. The summed E-state index contributed by atoms with van der Waals surface area (Å²) in [4.78, 5) is 2.51. The number of piperidine rings is 1. The summed E-state index contributed by atoms with van der Waals surface area (Å²) >= 11 is 0. The molecule has 0 spiro atoms. The normalized spacial score (nSPS) is 18.6. The maximum absolute atomic E-state index is 10.0. The Hall–Kier alpha value is -1.26. The summed E-state index contributed by atoms with van der Waals surface area (Å²) in [5.74, 6) is 1.85. The van der Waals surface area contributed by atoms with E-state index in [0.29, 0.717) is 5.75 Å². The SMILES string of the molecule is CCN1CCC(CNC(C)c2cc(OC)ccc2O)CC1. The lowest BCUT2D eigenvalue weighted by Gasteiger charge is -2.31. The number of phenols is 1. The van der Waals surface area contributed by atoms with Crippen molar-refractivity contribution in [3.63, 3.8) is 0 Å². The molecule has 1 fully saturated rings. The molecule has 0 bridgehead atoms. The molecule has 21 heavy (non-hydrogen) atoms. The number of methoxy groups -OCH3 is 1. The lowest BCUT2D eigenvalue weighted by Crippen LogP contribution is -2.37. The minimum absolute atomic E-state index is 0.129. The van der Waals surface area contributed by atoms with E-state index in [1.807, 2.05) is 6.07 Å². The van der Waals surface area contributed by atoms with Crippen LogP contribution in [0.15, 0.2) is 18.2 Å². The first-order chi connectivity index (χ1) is 10.1. The maximum Gasteiger partial charge on any atom is 0.120 e. The minimum atomic E-state index is 0.129. The number of aromatic hydroxyl groups is 1. The fourth-order valence-electron chi connectivity index (χ4n) is 2.97.